The van der Waals surface area contributed by atoms with Crippen molar-refractivity contribution in [1.29, 1.82) is 0 Å². The lowest BCUT2D eigenvalue weighted by Gasteiger charge is -2.13. The summed E-state index contributed by atoms with van der Waals surface area (Å²) in [6, 6.07) is 8.02. The van der Waals surface area contributed by atoms with E-state index in [1.807, 2.05) is 0 Å². The maximum Gasteiger partial charge on any atom is 0.419 e. The van der Waals surface area contributed by atoms with Crippen molar-refractivity contribution in [2.24, 2.45) is 0 Å². The summed E-state index contributed by atoms with van der Waals surface area (Å²) in [5.41, 5.74) is -0.0708. The van der Waals surface area contributed by atoms with Gasteiger partial charge in [0.2, 0.25) is 0 Å². The van der Waals surface area contributed by atoms with E-state index < -0.39 is 17.7 Å². The van der Waals surface area contributed by atoms with Gasteiger partial charge in [0.1, 0.15) is 5.82 Å². The van der Waals surface area contributed by atoms with Crippen LogP contribution in [0, 0.1) is 0 Å². The fourth-order valence-electron chi connectivity index (χ4n) is 1.73. The number of alkyl halides is 3. The summed E-state index contributed by atoms with van der Waals surface area (Å²) < 4.78 is 38.3. The van der Waals surface area contributed by atoms with E-state index in [4.69, 9.17) is 5.11 Å². The molecule has 2 N–H and O–H groups in total. The Morgan fingerprint density at radius 3 is 2.43 bits per heavy atom. The van der Waals surface area contributed by atoms with Crippen molar-refractivity contribution >= 4 is 11.8 Å². The number of carboxylic acids is 1. The average Bonchev–Trinajstić information content (AvgIpc) is 2.45. The van der Waals surface area contributed by atoms with Crippen LogP contribution in [0.1, 0.15) is 21.5 Å². The van der Waals surface area contributed by atoms with Gasteiger partial charge in [-0.05, 0) is 29.8 Å². The summed E-state index contributed by atoms with van der Waals surface area (Å²) in [6.45, 7) is 0.111. The predicted octanol–water partition coefficient (Wildman–Crippen LogP) is 3.41. The summed E-state index contributed by atoms with van der Waals surface area (Å²) in [7, 11) is 0. The number of hydrogen-bond acceptors (Lipinski definition) is 3. The van der Waals surface area contributed by atoms with E-state index in [-0.39, 0.29) is 17.9 Å². The van der Waals surface area contributed by atoms with Gasteiger partial charge in [-0.3, -0.25) is 0 Å². The van der Waals surface area contributed by atoms with Crippen molar-refractivity contribution in [2.45, 2.75) is 12.7 Å². The fraction of sp³-hybridized carbons (Fsp3) is 0.143. The van der Waals surface area contributed by atoms with Crippen LogP contribution in [0.25, 0.3) is 0 Å². The first-order chi connectivity index (χ1) is 9.88. The zero-order chi connectivity index (χ0) is 15.5. The molecule has 0 fully saturated rings. The van der Waals surface area contributed by atoms with Crippen molar-refractivity contribution in [3.05, 3.63) is 59.3 Å². The van der Waals surface area contributed by atoms with E-state index in [9.17, 15) is 18.0 Å². The van der Waals surface area contributed by atoms with Gasteiger partial charge >= 0.3 is 12.1 Å². The second-order valence-corrected chi connectivity index (χ2v) is 4.25. The predicted molar refractivity (Wildman–Crippen MR) is 70.0 cm³/mol. The molecule has 0 unspecified atom stereocenters. The Hall–Kier alpha value is -2.57. The molecule has 4 nitrogen and oxygen atoms in total. The third kappa shape index (κ3) is 3.71. The molecule has 2 rings (SSSR count). The number of halogens is 3. The molecule has 1 heterocycles. The van der Waals surface area contributed by atoms with Crippen LogP contribution in [0.4, 0.5) is 19.0 Å². The largest absolute Gasteiger partial charge is 0.478 e. The van der Waals surface area contributed by atoms with Crippen LogP contribution in [0.3, 0.4) is 0 Å². The molecule has 0 atom stereocenters. The molecule has 0 radical (unpaired) electrons. The number of aromatic carboxylic acids is 1. The van der Waals surface area contributed by atoms with Crippen molar-refractivity contribution in [1.82, 2.24) is 4.98 Å². The summed E-state index contributed by atoms with van der Waals surface area (Å²) in [6.07, 6.45) is -3.21. The Morgan fingerprint density at radius 2 is 1.86 bits per heavy atom. The van der Waals surface area contributed by atoms with Gasteiger partial charge in [0.15, 0.2) is 0 Å². The number of rotatable bonds is 4. The molecule has 0 saturated carbocycles. The zero-order valence-electron chi connectivity index (χ0n) is 10.7. The van der Waals surface area contributed by atoms with E-state index in [1.165, 1.54) is 36.5 Å². The van der Waals surface area contributed by atoms with E-state index in [1.54, 1.807) is 0 Å². The number of aromatic nitrogens is 1. The third-order valence-electron chi connectivity index (χ3n) is 2.77. The number of nitrogens with one attached hydrogen (secondary N) is 1. The summed E-state index contributed by atoms with van der Waals surface area (Å²) in [5, 5.41) is 11.4. The highest BCUT2D eigenvalue weighted by atomic mass is 19.4. The van der Waals surface area contributed by atoms with Crippen LogP contribution in [-0.2, 0) is 12.7 Å². The van der Waals surface area contributed by atoms with Crippen LogP contribution in [0.5, 0.6) is 0 Å². The number of carbonyl (C=O) groups is 1. The fourth-order valence-corrected chi connectivity index (χ4v) is 1.73. The molecule has 0 aliphatic heterocycles. The minimum absolute atomic E-state index is 0.111. The Morgan fingerprint density at radius 1 is 1.19 bits per heavy atom. The highest BCUT2D eigenvalue weighted by Gasteiger charge is 2.33. The molecular weight excluding hydrogens is 285 g/mol. The Kier molecular flexibility index (Phi) is 4.11. The molecule has 0 amide bonds. The Labute approximate surface area is 118 Å². The molecule has 1 aromatic heterocycles. The number of hydrogen-bond donors (Lipinski definition) is 2. The van der Waals surface area contributed by atoms with Crippen LogP contribution in [0.2, 0.25) is 0 Å². The SMILES string of the molecule is O=C(O)c1ccc(CNc2ncccc2C(F)(F)F)cc1. The molecule has 0 aliphatic carbocycles. The Bertz CT molecular complexity index is 639. The van der Waals surface area contributed by atoms with Gasteiger partial charge in [-0.2, -0.15) is 13.2 Å². The topological polar surface area (TPSA) is 62.2 Å². The second-order valence-electron chi connectivity index (χ2n) is 4.25. The minimum atomic E-state index is -4.48. The summed E-state index contributed by atoms with van der Waals surface area (Å²) in [5.74, 6) is -1.31. The summed E-state index contributed by atoms with van der Waals surface area (Å²) in [4.78, 5) is 14.4. The van der Waals surface area contributed by atoms with E-state index in [2.05, 4.69) is 10.3 Å². The monoisotopic (exact) mass is 296 g/mol. The van der Waals surface area contributed by atoms with Gasteiger partial charge in [-0.25, -0.2) is 9.78 Å². The van der Waals surface area contributed by atoms with Crippen LogP contribution in [-0.4, -0.2) is 16.1 Å². The number of carboxylic acid groups (broad SMARTS) is 1. The first kappa shape index (κ1) is 14.8. The molecule has 0 aliphatic rings. The molecular formula is C14H11F3N2O2. The number of benzene rings is 1. The molecule has 1 aromatic carbocycles. The lowest BCUT2D eigenvalue weighted by molar-refractivity contribution is -0.137. The molecule has 0 saturated heterocycles. The third-order valence-corrected chi connectivity index (χ3v) is 2.77. The maximum atomic E-state index is 12.8. The van der Waals surface area contributed by atoms with Crippen LogP contribution < -0.4 is 5.32 Å². The average molecular weight is 296 g/mol. The van der Waals surface area contributed by atoms with Gasteiger partial charge in [-0.15, -0.1) is 0 Å². The molecule has 0 bridgehead atoms. The molecule has 0 spiro atoms. The van der Waals surface area contributed by atoms with Crippen LogP contribution >= 0.6 is 0 Å². The maximum absolute atomic E-state index is 12.8. The van der Waals surface area contributed by atoms with E-state index in [0.29, 0.717) is 5.56 Å². The standard InChI is InChI=1S/C14H11F3N2O2/c15-14(16,17)11-2-1-7-18-12(11)19-8-9-3-5-10(6-4-9)13(20)21/h1-7H,8H2,(H,18,19)(H,20,21). The first-order valence-corrected chi connectivity index (χ1v) is 5.96. The number of anilines is 1. The van der Waals surface area contributed by atoms with Gasteiger partial charge in [-0.1, -0.05) is 12.1 Å². The molecule has 2 aromatic rings. The van der Waals surface area contributed by atoms with Crippen molar-refractivity contribution in [3.8, 4) is 0 Å². The van der Waals surface area contributed by atoms with Gasteiger partial charge < -0.3 is 10.4 Å². The lowest BCUT2D eigenvalue weighted by Crippen LogP contribution is -2.12. The Balaban J connectivity index is 2.12. The number of nitrogens with zero attached hydrogens (tertiary/aromatic N) is 1. The van der Waals surface area contributed by atoms with Gasteiger partial charge in [0, 0.05) is 12.7 Å². The van der Waals surface area contributed by atoms with Gasteiger partial charge in [0.05, 0.1) is 11.1 Å². The van der Waals surface area contributed by atoms with Crippen molar-refractivity contribution in [3.63, 3.8) is 0 Å². The highest BCUT2D eigenvalue weighted by molar-refractivity contribution is 5.87. The van der Waals surface area contributed by atoms with Crippen molar-refractivity contribution in [2.75, 3.05) is 5.32 Å². The van der Waals surface area contributed by atoms with E-state index in [0.717, 1.165) is 6.07 Å². The zero-order valence-corrected chi connectivity index (χ0v) is 10.7. The smallest absolute Gasteiger partial charge is 0.419 e. The summed E-state index contributed by atoms with van der Waals surface area (Å²) >= 11 is 0. The first-order valence-electron chi connectivity index (χ1n) is 5.96. The van der Waals surface area contributed by atoms with Gasteiger partial charge in [0.25, 0.3) is 0 Å². The van der Waals surface area contributed by atoms with Crippen molar-refractivity contribution < 1.29 is 23.1 Å². The van der Waals surface area contributed by atoms with Crippen LogP contribution in [0.15, 0.2) is 42.6 Å². The normalized spacial score (nSPS) is 11.2. The quantitative estimate of drug-likeness (QED) is 0.907. The molecule has 7 heteroatoms. The molecule has 110 valence electrons. The lowest BCUT2D eigenvalue weighted by atomic mass is 10.1. The highest BCUT2D eigenvalue weighted by Crippen LogP contribution is 2.33. The van der Waals surface area contributed by atoms with E-state index >= 15 is 0 Å². The minimum Gasteiger partial charge on any atom is -0.478 e. The second kappa shape index (κ2) is 5.82. The number of pyridine rings is 1. The molecule has 21 heavy (non-hydrogen) atoms.